The molecule has 1 aromatic carbocycles. The number of carbonyl (C=O) groups excluding carboxylic acids is 1. The van der Waals surface area contributed by atoms with Crippen molar-refractivity contribution in [1.82, 2.24) is 10.3 Å². The van der Waals surface area contributed by atoms with Gasteiger partial charge < -0.3 is 29.5 Å². The van der Waals surface area contributed by atoms with Crippen molar-refractivity contribution >= 4 is 35.5 Å². The molecule has 1 saturated heterocycles. The molecule has 1 aliphatic rings. The highest BCUT2D eigenvalue weighted by molar-refractivity contribution is 6.65. The molecule has 3 rings (SSSR count). The third-order valence-electron chi connectivity index (χ3n) is 5.62. The van der Waals surface area contributed by atoms with Crippen molar-refractivity contribution in [2.75, 3.05) is 6.61 Å². The summed E-state index contributed by atoms with van der Waals surface area (Å²) in [4.78, 5) is 26.6. The zero-order chi connectivity index (χ0) is 21.4. The van der Waals surface area contributed by atoms with Crippen LogP contribution in [0.15, 0.2) is 24.4 Å². The van der Waals surface area contributed by atoms with Gasteiger partial charge in [-0.3, -0.25) is 0 Å². The second-order valence-corrected chi connectivity index (χ2v) is 8.13. The number of nitrogens with one attached hydrogen (secondary N) is 2. The van der Waals surface area contributed by atoms with Gasteiger partial charge in [0, 0.05) is 23.5 Å². The molecule has 1 atom stereocenters. The van der Waals surface area contributed by atoms with E-state index in [9.17, 15) is 14.7 Å². The number of aromatic nitrogens is 1. The Morgan fingerprint density at radius 3 is 2.48 bits per heavy atom. The Morgan fingerprint density at radius 2 is 1.90 bits per heavy atom. The van der Waals surface area contributed by atoms with Gasteiger partial charge in [-0.1, -0.05) is 12.1 Å². The van der Waals surface area contributed by atoms with E-state index in [4.69, 9.17) is 14.0 Å². The van der Waals surface area contributed by atoms with Crippen LogP contribution in [0.25, 0.3) is 10.9 Å². The highest BCUT2D eigenvalue weighted by Gasteiger charge is 2.52. The average Bonchev–Trinajstić information content (AvgIpc) is 3.12. The topological polar surface area (TPSA) is 110 Å². The van der Waals surface area contributed by atoms with Crippen molar-refractivity contribution in [2.45, 2.75) is 58.3 Å². The van der Waals surface area contributed by atoms with E-state index in [0.29, 0.717) is 0 Å². The van der Waals surface area contributed by atoms with Gasteiger partial charge >= 0.3 is 19.2 Å². The summed E-state index contributed by atoms with van der Waals surface area (Å²) in [6.07, 6.45) is 1.08. The smallest absolute Gasteiger partial charge is 0.480 e. The van der Waals surface area contributed by atoms with Crippen LogP contribution >= 0.6 is 0 Å². The maximum Gasteiger partial charge on any atom is 0.495 e. The summed E-state index contributed by atoms with van der Waals surface area (Å²) in [5, 5.41) is 12.8. The standard InChI is InChI=1S/C20H27BN2O6/c1-6-27-18(26)23-15(17(24)25)10-12-11-22-14-9-7-8-13(16(12)14)21-28-19(2,3)20(4,5)29-21/h7-9,11,15,22H,6,10H2,1-5H3,(H,23,26)(H,24,25). The second-order valence-electron chi connectivity index (χ2n) is 8.13. The molecule has 29 heavy (non-hydrogen) atoms. The number of aliphatic carboxylic acids is 1. The molecule has 156 valence electrons. The molecule has 1 amide bonds. The number of hydrogen-bond donors (Lipinski definition) is 3. The number of fused-ring (bicyclic) bond motifs is 1. The molecule has 1 aromatic heterocycles. The Balaban J connectivity index is 1.94. The second kappa shape index (κ2) is 7.72. The summed E-state index contributed by atoms with van der Waals surface area (Å²) in [6, 6.07) is 4.59. The first-order valence-corrected chi connectivity index (χ1v) is 9.66. The number of carbonyl (C=O) groups is 2. The van der Waals surface area contributed by atoms with Crippen LogP contribution in [0.1, 0.15) is 40.2 Å². The minimum absolute atomic E-state index is 0.0880. The molecule has 0 bridgehead atoms. The van der Waals surface area contributed by atoms with Crippen molar-refractivity contribution in [3.63, 3.8) is 0 Å². The number of ether oxygens (including phenoxy) is 1. The first-order chi connectivity index (χ1) is 13.6. The van der Waals surface area contributed by atoms with Gasteiger partial charge in [-0.2, -0.15) is 0 Å². The van der Waals surface area contributed by atoms with E-state index < -0.39 is 36.4 Å². The number of amides is 1. The van der Waals surface area contributed by atoms with E-state index in [2.05, 4.69) is 10.3 Å². The lowest BCUT2D eigenvalue weighted by Gasteiger charge is -2.32. The zero-order valence-electron chi connectivity index (χ0n) is 17.4. The molecule has 0 saturated carbocycles. The Labute approximate surface area is 170 Å². The predicted octanol–water partition coefficient (Wildman–Crippen LogP) is 2.21. The lowest BCUT2D eigenvalue weighted by Crippen LogP contribution is -2.42. The fraction of sp³-hybridized carbons (Fsp3) is 0.500. The molecular formula is C20H27BN2O6. The molecule has 3 N–H and O–H groups in total. The van der Waals surface area contributed by atoms with E-state index in [1.165, 1.54) is 0 Å². The van der Waals surface area contributed by atoms with E-state index in [0.717, 1.165) is 21.9 Å². The molecule has 8 nitrogen and oxygen atoms in total. The average molecular weight is 402 g/mol. The Kier molecular flexibility index (Phi) is 5.64. The Morgan fingerprint density at radius 1 is 1.24 bits per heavy atom. The maximum absolute atomic E-state index is 11.7. The molecular weight excluding hydrogens is 375 g/mol. The summed E-state index contributed by atoms with van der Waals surface area (Å²) in [5.41, 5.74) is 1.41. The lowest BCUT2D eigenvalue weighted by molar-refractivity contribution is -0.139. The Bertz CT molecular complexity index is 907. The SMILES string of the molecule is CCOC(=O)NC(Cc1c[nH]c2cccc(B3OC(C)(C)C(C)(C)O3)c12)C(=O)O. The first kappa shape index (κ1) is 21.2. The van der Waals surface area contributed by atoms with Crippen LogP contribution in [0.4, 0.5) is 4.79 Å². The molecule has 0 spiro atoms. The molecule has 1 fully saturated rings. The van der Waals surface area contributed by atoms with E-state index >= 15 is 0 Å². The fourth-order valence-corrected chi connectivity index (χ4v) is 3.35. The van der Waals surface area contributed by atoms with Gasteiger partial charge in [0.15, 0.2) is 0 Å². The monoisotopic (exact) mass is 402 g/mol. The molecule has 0 aliphatic carbocycles. The van der Waals surface area contributed by atoms with Gasteiger partial charge in [-0.15, -0.1) is 0 Å². The summed E-state index contributed by atoms with van der Waals surface area (Å²) >= 11 is 0. The van der Waals surface area contributed by atoms with Crippen molar-refractivity contribution in [3.05, 3.63) is 30.0 Å². The molecule has 2 aromatic rings. The van der Waals surface area contributed by atoms with E-state index in [1.54, 1.807) is 13.1 Å². The van der Waals surface area contributed by atoms with Gasteiger partial charge in [-0.05, 0) is 51.7 Å². The largest absolute Gasteiger partial charge is 0.495 e. The highest BCUT2D eigenvalue weighted by atomic mass is 16.7. The number of alkyl carbamates (subject to hydrolysis) is 1. The summed E-state index contributed by atoms with van der Waals surface area (Å²) in [6.45, 7) is 9.75. The maximum atomic E-state index is 11.7. The van der Waals surface area contributed by atoms with Gasteiger partial charge in [0.05, 0.1) is 17.8 Å². The van der Waals surface area contributed by atoms with Gasteiger partial charge in [0.25, 0.3) is 0 Å². The summed E-state index contributed by atoms with van der Waals surface area (Å²) in [5.74, 6) is -1.14. The van der Waals surface area contributed by atoms with Crippen LogP contribution in [0.5, 0.6) is 0 Å². The van der Waals surface area contributed by atoms with Crippen LogP contribution in [-0.2, 0) is 25.3 Å². The normalized spacial score (nSPS) is 18.6. The van der Waals surface area contributed by atoms with Gasteiger partial charge in [-0.25, -0.2) is 9.59 Å². The van der Waals surface area contributed by atoms with E-state index in [-0.39, 0.29) is 13.0 Å². The number of carboxylic acids is 1. The third-order valence-corrected chi connectivity index (χ3v) is 5.62. The number of rotatable bonds is 6. The van der Waals surface area contributed by atoms with Crippen LogP contribution in [-0.4, -0.2) is 53.1 Å². The highest BCUT2D eigenvalue weighted by Crippen LogP contribution is 2.37. The number of hydrogen-bond acceptors (Lipinski definition) is 5. The molecule has 2 heterocycles. The molecule has 0 radical (unpaired) electrons. The van der Waals surface area contributed by atoms with Gasteiger partial charge in [0.1, 0.15) is 6.04 Å². The van der Waals surface area contributed by atoms with Gasteiger partial charge in [0.2, 0.25) is 0 Å². The number of H-pyrrole nitrogens is 1. The minimum Gasteiger partial charge on any atom is -0.480 e. The van der Waals surface area contributed by atoms with Crippen LogP contribution < -0.4 is 10.8 Å². The van der Waals surface area contributed by atoms with Crippen molar-refractivity contribution < 1.29 is 28.7 Å². The van der Waals surface area contributed by atoms with Crippen molar-refractivity contribution in [1.29, 1.82) is 0 Å². The molecule has 1 unspecified atom stereocenters. The Hall–Kier alpha value is -2.52. The number of carboxylic acid groups (broad SMARTS) is 1. The van der Waals surface area contributed by atoms with Crippen LogP contribution in [0, 0.1) is 0 Å². The summed E-state index contributed by atoms with van der Waals surface area (Å²) in [7, 11) is -0.584. The van der Waals surface area contributed by atoms with E-state index in [1.807, 2.05) is 45.9 Å². The number of benzene rings is 1. The minimum atomic E-state index is -1.14. The third kappa shape index (κ3) is 4.11. The molecule has 9 heteroatoms. The summed E-state index contributed by atoms with van der Waals surface area (Å²) < 4.78 is 17.2. The molecule has 1 aliphatic heterocycles. The predicted molar refractivity (Wildman–Crippen MR) is 109 cm³/mol. The fourth-order valence-electron chi connectivity index (χ4n) is 3.35. The number of aromatic amines is 1. The van der Waals surface area contributed by atoms with Crippen molar-refractivity contribution in [2.24, 2.45) is 0 Å². The quantitative estimate of drug-likeness (QED) is 0.640. The zero-order valence-corrected chi connectivity index (χ0v) is 17.4. The van der Waals surface area contributed by atoms with Crippen LogP contribution in [0.2, 0.25) is 0 Å². The first-order valence-electron chi connectivity index (χ1n) is 9.66. The lowest BCUT2D eigenvalue weighted by atomic mass is 9.76. The van der Waals surface area contributed by atoms with Crippen molar-refractivity contribution in [3.8, 4) is 0 Å². The van der Waals surface area contributed by atoms with Crippen LogP contribution in [0.3, 0.4) is 0 Å².